The number of carbonyl (C=O) groups is 1. The summed E-state index contributed by atoms with van der Waals surface area (Å²) in [5.74, 6) is 1.88. The predicted octanol–water partition coefficient (Wildman–Crippen LogP) is 3.88. The van der Waals surface area contributed by atoms with Crippen LogP contribution in [0.3, 0.4) is 0 Å². The molecule has 0 unspecified atom stereocenters. The number of fused-ring (bicyclic) bond motifs is 5. The Morgan fingerprint density at radius 3 is 2.95 bits per heavy atom. The quantitative estimate of drug-likeness (QED) is 0.744. The minimum Gasteiger partial charge on any atom is -0.395 e. The minimum absolute atomic E-state index is 0.116. The molecule has 0 amide bonds. The van der Waals surface area contributed by atoms with Crippen LogP contribution in [-0.2, 0) is 4.79 Å². The molecule has 2 nitrogen and oxygen atoms in total. The maximum Gasteiger partial charge on any atom is 0.139 e. The van der Waals surface area contributed by atoms with Gasteiger partial charge in [-0.1, -0.05) is 25.0 Å². The van der Waals surface area contributed by atoms with Crippen LogP contribution in [0, 0.1) is 28.6 Å². The van der Waals surface area contributed by atoms with Crippen LogP contribution in [0.15, 0.2) is 11.6 Å². The summed E-state index contributed by atoms with van der Waals surface area (Å²) in [5, 5.41) is 10.4. The normalized spacial score (nSPS) is 51.3. The molecule has 4 rings (SSSR count). The lowest BCUT2D eigenvalue weighted by Crippen LogP contribution is -2.52. The van der Waals surface area contributed by atoms with E-state index < -0.39 is 6.58 Å². The molecule has 21 heavy (non-hydrogen) atoms. The summed E-state index contributed by atoms with van der Waals surface area (Å²) in [7, 11) is 0. The average molecular weight is 289 g/mol. The fourth-order valence-corrected chi connectivity index (χ4v) is 6.39. The smallest absolute Gasteiger partial charge is 0.139 e. The van der Waals surface area contributed by atoms with Gasteiger partial charge in [0.2, 0.25) is 0 Å². The summed E-state index contributed by atoms with van der Waals surface area (Å²) < 4.78 is 8.24. The molecule has 3 saturated carbocycles. The van der Waals surface area contributed by atoms with Gasteiger partial charge in [-0.2, -0.15) is 0 Å². The first-order valence-corrected chi connectivity index (χ1v) is 8.83. The van der Waals surface area contributed by atoms with Crippen molar-refractivity contribution in [2.24, 2.45) is 28.6 Å². The van der Waals surface area contributed by atoms with E-state index in [0.717, 1.165) is 51.4 Å². The molecule has 0 bridgehead atoms. The summed E-state index contributed by atoms with van der Waals surface area (Å²) in [6.45, 7) is 1.20. The van der Waals surface area contributed by atoms with E-state index in [0.29, 0.717) is 23.5 Å². The van der Waals surface area contributed by atoms with Crippen molar-refractivity contribution in [1.29, 1.82) is 0 Å². The van der Waals surface area contributed by atoms with Crippen molar-refractivity contribution in [2.75, 3.05) is 6.58 Å². The zero-order valence-corrected chi connectivity index (χ0v) is 13.1. The van der Waals surface area contributed by atoms with Gasteiger partial charge in [0, 0.05) is 17.3 Å². The van der Waals surface area contributed by atoms with E-state index in [4.69, 9.17) is 1.37 Å². The number of aliphatic hydroxyl groups is 1. The van der Waals surface area contributed by atoms with E-state index in [2.05, 4.69) is 13.0 Å². The van der Waals surface area contributed by atoms with Crippen molar-refractivity contribution in [3.8, 4) is 0 Å². The van der Waals surface area contributed by atoms with Gasteiger partial charge >= 0.3 is 0 Å². The SMILES string of the molecule is [2H][C@@H](O)[C@]12CCCCC1=CC[C@@H]1[C@@H]2CC[C@]2(C)C(=O)CC[C@@H]12. The third-order valence-corrected chi connectivity index (χ3v) is 7.56. The highest BCUT2D eigenvalue weighted by Gasteiger charge is 2.59. The highest BCUT2D eigenvalue weighted by molar-refractivity contribution is 5.87. The van der Waals surface area contributed by atoms with Crippen molar-refractivity contribution in [1.82, 2.24) is 0 Å². The van der Waals surface area contributed by atoms with E-state index >= 15 is 0 Å². The van der Waals surface area contributed by atoms with Crippen LogP contribution in [0.25, 0.3) is 0 Å². The van der Waals surface area contributed by atoms with Crippen molar-refractivity contribution < 1.29 is 11.3 Å². The number of carbonyl (C=O) groups excluding carboxylic acids is 1. The van der Waals surface area contributed by atoms with Gasteiger partial charge in [-0.3, -0.25) is 4.79 Å². The molecule has 3 fully saturated rings. The average Bonchev–Trinajstić information content (AvgIpc) is 2.82. The molecule has 2 heteroatoms. The van der Waals surface area contributed by atoms with Gasteiger partial charge in [-0.05, 0) is 62.7 Å². The number of hydrogen-bond acceptors (Lipinski definition) is 2. The third-order valence-electron chi connectivity index (χ3n) is 7.56. The lowest BCUT2D eigenvalue weighted by atomic mass is 9.48. The Morgan fingerprint density at radius 1 is 1.29 bits per heavy atom. The fourth-order valence-electron chi connectivity index (χ4n) is 6.39. The van der Waals surface area contributed by atoms with Crippen molar-refractivity contribution in [3.63, 3.8) is 0 Å². The Labute approximate surface area is 129 Å². The Hall–Kier alpha value is -0.630. The van der Waals surface area contributed by atoms with Gasteiger partial charge < -0.3 is 5.11 Å². The monoisotopic (exact) mass is 289 g/mol. The van der Waals surface area contributed by atoms with Crippen LogP contribution >= 0.6 is 0 Å². The van der Waals surface area contributed by atoms with E-state index in [9.17, 15) is 9.90 Å². The Kier molecular flexibility index (Phi) is 2.87. The number of aliphatic hydroxyl groups excluding tert-OH is 1. The second-order valence-electron chi connectivity index (χ2n) is 8.14. The molecule has 116 valence electrons. The lowest BCUT2D eigenvalue weighted by Gasteiger charge is -2.57. The highest BCUT2D eigenvalue weighted by Crippen LogP contribution is 2.63. The summed E-state index contributed by atoms with van der Waals surface area (Å²) in [6, 6.07) is 0. The Bertz CT molecular complexity index is 526. The molecule has 0 heterocycles. The zero-order chi connectivity index (χ0) is 15.5. The summed E-state index contributed by atoms with van der Waals surface area (Å²) in [5.41, 5.74) is 0.958. The maximum atomic E-state index is 12.4. The molecule has 0 aromatic heterocycles. The van der Waals surface area contributed by atoms with Crippen LogP contribution in [0.4, 0.5) is 0 Å². The van der Waals surface area contributed by atoms with E-state index in [1.54, 1.807) is 0 Å². The first kappa shape index (κ1) is 12.9. The predicted molar refractivity (Wildman–Crippen MR) is 82.7 cm³/mol. The number of hydrogen-bond donors (Lipinski definition) is 1. The largest absolute Gasteiger partial charge is 0.395 e. The molecule has 0 radical (unpaired) electrons. The van der Waals surface area contributed by atoms with E-state index in [-0.39, 0.29) is 10.8 Å². The molecule has 0 aromatic carbocycles. The molecule has 1 N–H and O–H groups in total. The number of ketones is 1. The first-order chi connectivity index (χ1) is 10.5. The van der Waals surface area contributed by atoms with Gasteiger partial charge in [-0.15, -0.1) is 0 Å². The molecule has 0 aliphatic heterocycles. The third kappa shape index (κ3) is 1.72. The topological polar surface area (TPSA) is 37.3 Å². The van der Waals surface area contributed by atoms with Gasteiger partial charge in [-0.25, -0.2) is 0 Å². The molecular formula is C19H28O2. The first-order valence-electron chi connectivity index (χ1n) is 9.41. The standard InChI is InChI=1S/C19H28O2/c1-18-11-9-16-14(15(18)7-8-17(18)21)6-5-13-4-2-3-10-19(13,16)12-20/h5,14-16,20H,2-4,6-12H2,1H3/t14-,15-,16-,18-,19+/m0/s1/i12D/t12-,14+,15+,16+,18+,19-/m1. The summed E-state index contributed by atoms with van der Waals surface area (Å²) in [4.78, 5) is 12.4. The van der Waals surface area contributed by atoms with Crippen molar-refractivity contribution in [3.05, 3.63) is 11.6 Å². The second kappa shape index (κ2) is 4.68. The molecular weight excluding hydrogens is 260 g/mol. The fraction of sp³-hybridized carbons (Fsp3) is 0.842. The van der Waals surface area contributed by atoms with Crippen LogP contribution in [0.2, 0.25) is 0 Å². The Morgan fingerprint density at radius 2 is 2.14 bits per heavy atom. The van der Waals surface area contributed by atoms with Crippen LogP contribution in [0.1, 0.15) is 66.1 Å². The van der Waals surface area contributed by atoms with Gasteiger partial charge in [0.15, 0.2) is 0 Å². The summed E-state index contributed by atoms with van der Waals surface area (Å²) in [6.07, 6.45) is 11.6. The summed E-state index contributed by atoms with van der Waals surface area (Å²) >= 11 is 0. The van der Waals surface area contributed by atoms with Crippen molar-refractivity contribution >= 4 is 5.78 Å². The molecule has 6 atom stereocenters. The zero-order valence-electron chi connectivity index (χ0n) is 14.1. The van der Waals surface area contributed by atoms with Gasteiger partial charge in [0.1, 0.15) is 5.78 Å². The molecule has 0 aromatic rings. The van der Waals surface area contributed by atoms with Crippen LogP contribution in [-0.4, -0.2) is 17.5 Å². The van der Waals surface area contributed by atoms with Crippen LogP contribution < -0.4 is 0 Å². The van der Waals surface area contributed by atoms with Gasteiger partial charge in [0.25, 0.3) is 0 Å². The molecule has 4 aliphatic carbocycles. The minimum atomic E-state index is -0.992. The van der Waals surface area contributed by atoms with E-state index in [1.807, 2.05) is 0 Å². The number of rotatable bonds is 1. The molecule has 0 saturated heterocycles. The number of allylic oxidation sites excluding steroid dienone is 1. The second-order valence-corrected chi connectivity index (χ2v) is 8.14. The van der Waals surface area contributed by atoms with E-state index in [1.165, 1.54) is 12.0 Å². The van der Waals surface area contributed by atoms with Crippen molar-refractivity contribution in [2.45, 2.75) is 64.7 Å². The maximum absolute atomic E-state index is 12.4. The van der Waals surface area contributed by atoms with Gasteiger partial charge in [0.05, 0.1) is 7.95 Å². The number of Topliss-reactive ketones (excluding diaryl/α,β-unsaturated/α-hetero) is 1. The lowest BCUT2D eigenvalue weighted by molar-refractivity contribution is -0.132. The highest BCUT2D eigenvalue weighted by atomic mass is 16.3. The van der Waals surface area contributed by atoms with Crippen LogP contribution in [0.5, 0.6) is 0 Å². The molecule has 4 aliphatic rings. The molecule has 0 spiro atoms. The Balaban J connectivity index is 1.75.